The number of nitrogens with two attached hydrogens (primary N) is 1. The number of nitrogens with one attached hydrogen (secondary N) is 1. The fourth-order valence-corrected chi connectivity index (χ4v) is 3.48. The molecule has 13 heteroatoms. The third-order valence-electron chi connectivity index (χ3n) is 5.09. The van der Waals surface area contributed by atoms with Gasteiger partial charge in [-0.05, 0) is 48.4 Å². The van der Waals surface area contributed by atoms with Gasteiger partial charge < -0.3 is 15.6 Å². The summed E-state index contributed by atoms with van der Waals surface area (Å²) in [5, 5.41) is 29.6. The van der Waals surface area contributed by atoms with Crippen molar-refractivity contribution in [3.63, 3.8) is 0 Å². The van der Waals surface area contributed by atoms with Crippen molar-refractivity contribution in [1.29, 1.82) is 0 Å². The number of benzene rings is 1. The number of aromatic nitrogens is 5. The number of para-hydroxylation sites is 1. The first-order valence-corrected chi connectivity index (χ1v) is 10.0. The molecule has 1 aromatic carbocycles. The molecular weight excluding hydrogens is 418 g/mol. The van der Waals surface area contributed by atoms with E-state index < -0.39 is 5.91 Å². The molecule has 0 spiro atoms. The number of carbonyl (C=O) groups excluding carboxylic acids is 1. The predicted molar refractivity (Wildman–Crippen MR) is 112 cm³/mol. The zero-order valence-corrected chi connectivity index (χ0v) is 17.4. The largest absolute Gasteiger partial charge is 0.504 e. The van der Waals surface area contributed by atoms with E-state index in [0.29, 0.717) is 23.6 Å². The minimum Gasteiger partial charge on any atom is -0.504 e. The third-order valence-corrected chi connectivity index (χ3v) is 5.09. The van der Waals surface area contributed by atoms with Crippen molar-refractivity contribution in [2.75, 3.05) is 25.9 Å². The molecule has 0 unspecified atom stereocenters. The van der Waals surface area contributed by atoms with E-state index in [0.717, 1.165) is 25.9 Å². The number of hydrazone groups is 1. The first-order chi connectivity index (χ1) is 15.6. The molecule has 1 amide bonds. The quantitative estimate of drug-likeness (QED) is 0.350. The smallest absolute Gasteiger partial charge is 0.292 e. The number of phenolic OH excluding ortho intramolecular Hbond substituents is 1. The number of hydrogen-bond donors (Lipinski definition) is 3. The summed E-state index contributed by atoms with van der Waals surface area (Å²) in [4.78, 5) is 15.2. The van der Waals surface area contributed by atoms with E-state index in [-0.39, 0.29) is 23.1 Å². The van der Waals surface area contributed by atoms with Crippen LogP contribution in [0.15, 0.2) is 27.9 Å². The number of aromatic hydroxyl groups is 1. The number of anilines is 1. The third kappa shape index (κ3) is 4.37. The van der Waals surface area contributed by atoms with E-state index >= 15 is 0 Å². The second-order valence-corrected chi connectivity index (χ2v) is 7.20. The number of carbonyl (C=O) groups is 1. The molecule has 1 fully saturated rings. The van der Waals surface area contributed by atoms with Crippen molar-refractivity contribution in [3.8, 4) is 17.3 Å². The number of likely N-dealkylation sites (tertiary alicyclic amines) is 1. The maximum absolute atomic E-state index is 13.0. The van der Waals surface area contributed by atoms with Gasteiger partial charge in [-0.3, -0.25) is 9.69 Å². The molecule has 0 aliphatic carbocycles. The van der Waals surface area contributed by atoms with Gasteiger partial charge in [0.1, 0.15) is 5.69 Å². The lowest BCUT2D eigenvalue weighted by atomic mass is 10.1. The molecular formula is C19H23N9O4. The number of nitrogens with zero attached hydrogens (tertiary/aromatic N) is 7. The van der Waals surface area contributed by atoms with Crippen molar-refractivity contribution < 1.29 is 19.3 Å². The molecule has 3 heterocycles. The summed E-state index contributed by atoms with van der Waals surface area (Å²) in [5.41, 5.74) is 9.16. The number of piperidine rings is 1. The number of methoxy groups -OCH3 is 1. The standard InChI is InChI=1S/C19H23N9O4/c1-31-14-7-5-6-12(16(14)29)10-21-23-19(30)15-13(11-27-8-3-2-4-9-27)22-26-28(15)18-17(20)24-32-25-18/h5-7,10,29H,2-4,8-9,11H2,1H3,(H2,20,24)(H,23,30). The number of ether oxygens (including phenoxy) is 1. The van der Waals surface area contributed by atoms with Gasteiger partial charge in [-0.1, -0.05) is 17.7 Å². The van der Waals surface area contributed by atoms with Crippen molar-refractivity contribution >= 4 is 17.9 Å². The van der Waals surface area contributed by atoms with Crippen LogP contribution in [0.1, 0.15) is 41.0 Å². The lowest BCUT2D eigenvalue weighted by Gasteiger charge is -2.25. The summed E-state index contributed by atoms with van der Waals surface area (Å²) >= 11 is 0. The van der Waals surface area contributed by atoms with Crippen LogP contribution in [0.5, 0.6) is 11.5 Å². The number of amides is 1. The zero-order valence-electron chi connectivity index (χ0n) is 17.4. The molecule has 168 valence electrons. The first kappa shape index (κ1) is 21.2. The van der Waals surface area contributed by atoms with Crippen molar-refractivity contribution in [3.05, 3.63) is 35.2 Å². The first-order valence-electron chi connectivity index (χ1n) is 10.0. The van der Waals surface area contributed by atoms with Crippen LogP contribution in [0, 0.1) is 0 Å². The highest BCUT2D eigenvalue weighted by Crippen LogP contribution is 2.28. The Kier molecular flexibility index (Phi) is 6.26. The Morgan fingerprint density at radius 3 is 2.88 bits per heavy atom. The summed E-state index contributed by atoms with van der Waals surface area (Å²) in [6.07, 6.45) is 4.66. The minimum absolute atomic E-state index is 0.0294. The second kappa shape index (κ2) is 9.43. The minimum atomic E-state index is -0.581. The predicted octanol–water partition coefficient (Wildman–Crippen LogP) is 0.696. The van der Waals surface area contributed by atoms with E-state index in [1.165, 1.54) is 24.4 Å². The fourth-order valence-electron chi connectivity index (χ4n) is 3.48. The molecule has 1 aliphatic rings. The Bertz CT molecular complexity index is 1120. The summed E-state index contributed by atoms with van der Waals surface area (Å²) in [5.74, 6) is -0.351. The van der Waals surface area contributed by atoms with Crippen LogP contribution >= 0.6 is 0 Å². The highest BCUT2D eigenvalue weighted by Gasteiger charge is 2.26. The lowest BCUT2D eigenvalue weighted by Crippen LogP contribution is -2.31. The molecule has 1 aliphatic heterocycles. The van der Waals surface area contributed by atoms with Crippen molar-refractivity contribution in [2.24, 2.45) is 5.10 Å². The van der Waals surface area contributed by atoms with Gasteiger partial charge in [-0.2, -0.15) is 9.78 Å². The van der Waals surface area contributed by atoms with Crippen LogP contribution in [-0.4, -0.2) is 67.6 Å². The average Bonchev–Trinajstić information content (AvgIpc) is 3.41. The number of nitrogen functional groups attached to an aromatic ring is 1. The molecule has 4 N–H and O–H groups in total. The Hall–Kier alpha value is -4.00. The molecule has 3 aromatic rings. The van der Waals surface area contributed by atoms with Crippen LogP contribution in [0.4, 0.5) is 5.82 Å². The topological polar surface area (TPSA) is 170 Å². The lowest BCUT2D eigenvalue weighted by molar-refractivity contribution is 0.0944. The fraction of sp³-hybridized carbons (Fsp3) is 0.368. The van der Waals surface area contributed by atoms with Crippen LogP contribution in [0.2, 0.25) is 0 Å². The SMILES string of the molecule is COc1cccc(C=NNC(=O)c2c(CN3CCCCC3)nnn2-c2nonc2N)c1O. The maximum atomic E-state index is 13.0. The van der Waals surface area contributed by atoms with Gasteiger partial charge in [0, 0.05) is 12.1 Å². The van der Waals surface area contributed by atoms with E-state index in [4.69, 9.17) is 10.5 Å². The summed E-state index contributed by atoms with van der Waals surface area (Å²) in [6.45, 7) is 2.26. The summed E-state index contributed by atoms with van der Waals surface area (Å²) in [6, 6.07) is 4.93. The molecule has 2 aromatic heterocycles. The average molecular weight is 441 g/mol. The van der Waals surface area contributed by atoms with Crippen LogP contribution in [-0.2, 0) is 6.54 Å². The Balaban J connectivity index is 1.59. The molecule has 0 bridgehead atoms. The molecule has 0 atom stereocenters. The van der Waals surface area contributed by atoms with Gasteiger partial charge in [0.25, 0.3) is 5.91 Å². The maximum Gasteiger partial charge on any atom is 0.292 e. The highest BCUT2D eigenvalue weighted by atomic mass is 16.6. The molecule has 1 saturated heterocycles. The van der Waals surface area contributed by atoms with Crippen LogP contribution in [0.25, 0.3) is 5.82 Å². The number of rotatable bonds is 7. The summed E-state index contributed by atoms with van der Waals surface area (Å²) in [7, 11) is 1.44. The Morgan fingerprint density at radius 2 is 2.16 bits per heavy atom. The molecule has 0 saturated carbocycles. The number of hydrogen-bond acceptors (Lipinski definition) is 11. The van der Waals surface area contributed by atoms with Gasteiger partial charge in [-0.15, -0.1) is 5.10 Å². The zero-order chi connectivity index (χ0) is 22.5. The van der Waals surface area contributed by atoms with E-state index in [2.05, 4.69) is 40.7 Å². The monoisotopic (exact) mass is 441 g/mol. The highest BCUT2D eigenvalue weighted by molar-refractivity contribution is 5.95. The van der Waals surface area contributed by atoms with E-state index in [1.807, 2.05) is 0 Å². The molecule has 4 rings (SSSR count). The number of phenols is 1. The second-order valence-electron chi connectivity index (χ2n) is 7.20. The van der Waals surface area contributed by atoms with Crippen LogP contribution in [0.3, 0.4) is 0 Å². The van der Waals surface area contributed by atoms with Gasteiger partial charge in [0.15, 0.2) is 17.2 Å². The van der Waals surface area contributed by atoms with Gasteiger partial charge >= 0.3 is 0 Å². The van der Waals surface area contributed by atoms with Crippen molar-refractivity contribution in [2.45, 2.75) is 25.8 Å². The Morgan fingerprint density at radius 1 is 1.34 bits per heavy atom. The van der Waals surface area contributed by atoms with Gasteiger partial charge in [0.2, 0.25) is 11.6 Å². The van der Waals surface area contributed by atoms with Crippen LogP contribution < -0.4 is 15.9 Å². The Labute approximate surface area is 182 Å². The van der Waals surface area contributed by atoms with E-state index in [9.17, 15) is 9.90 Å². The normalized spacial score (nSPS) is 14.7. The molecule has 32 heavy (non-hydrogen) atoms. The summed E-state index contributed by atoms with van der Waals surface area (Å²) < 4.78 is 10.9. The molecule has 13 nitrogen and oxygen atoms in total. The van der Waals surface area contributed by atoms with Crippen molar-refractivity contribution in [1.82, 2.24) is 35.6 Å². The van der Waals surface area contributed by atoms with E-state index in [1.54, 1.807) is 18.2 Å². The van der Waals surface area contributed by atoms with Gasteiger partial charge in [-0.25, -0.2) is 10.1 Å². The molecule has 0 radical (unpaired) electrons. The van der Waals surface area contributed by atoms with Gasteiger partial charge in [0.05, 0.1) is 13.3 Å².